The predicted octanol–water partition coefficient (Wildman–Crippen LogP) is 3.32. The van der Waals surface area contributed by atoms with E-state index in [9.17, 15) is 13.2 Å². The summed E-state index contributed by atoms with van der Waals surface area (Å²) in [5.74, 6) is 0.325. The predicted molar refractivity (Wildman–Crippen MR) is 98.8 cm³/mol. The monoisotopic (exact) mass is 378 g/mol. The molecule has 132 valence electrons. The fraction of sp³-hybridized carbons (Fsp3) is 0.235. The third kappa shape index (κ3) is 3.74. The maximum atomic E-state index is 12.7. The highest BCUT2D eigenvalue weighted by molar-refractivity contribution is 8.01. The maximum absolute atomic E-state index is 12.7. The molecule has 25 heavy (non-hydrogen) atoms. The van der Waals surface area contributed by atoms with Crippen LogP contribution in [0.15, 0.2) is 52.3 Å². The second kappa shape index (κ2) is 6.97. The van der Waals surface area contributed by atoms with Crippen molar-refractivity contribution >= 4 is 39.1 Å². The Labute approximate surface area is 151 Å². The Morgan fingerprint density at radius 2 is 2.00 bits per heavy atom. The molecule has 2 N–H and O–H groups in total. The van der Waals surface area contributed by atoms with Gasteiger partial charge in [0.15, 0.2) is 0 Å². The summed E-state index contributed by atoms with van der Waals surface area (Å²) in [7, 11) is -3.81. The fourth-order valence-corrected chi connectivity index (χ4v) is 4.42. The Morgan fingerprint density at radius 3 is 2.76 bits per heavy atom. The lowest BCUT2D eigenvalue weighted by molar-refractivity contribution is -0.115. The SMILES string of the molecule is CCOc1ccccc1NS(=O)(=O)c1ccc2c(c1)NC(=O)C(C)S2. The molecular weight excluding hydrogens is 360 g/mol. The lowest BCUT2D eigenvalue weighted by Gasteiger charge is -2.22. The first kappa shape index (κ1) is 17.6. The van der Waals surface area contributed by atoms with Crippen LogP contribution in [0.4, 0.5) is 11.4 Å². The molecule has 2 aromatic rings. The summed E-state index contributed by atoms with van der Waals surface area (Å²) in [5.41, 5.74) is 0.878. The Morgan fingerprint density at radius 1 is 1.24 bits per heavy atom. The number of carbonyl (C=O) groups excluding carboxylic acids is 1. The van der Waals surface area contributed by atoms with Crippen LogP contribution in [0.1, 0.15) is 13.8 Å². The van der Waals surface area contributed by atoms with Crippen LogP contribution >= 0.6 is 11.8 Å². The minimum atomic E-state index is -3.81. The first-order chi connectivity index (χ1) is 11.9. The van der Waals surface area contributed by atoms with E-state index in [-0.39, 0.29) is 16.1 Å². The van der Waals surface area contributed by atoms with Gasteiger partial charge in [-0.05, 0) is 44.2 Å². The van der Waals surface area contributed by atoms with Crippen molar-refractivity contribution in [3.63, 3.8) is 0 Å². The van der Waals surface area contributed by atoms with Gasteiger partial charge in [-0.15, -0.1) is 11.8 Å². The number of para-hydroxylation sites is 2. The number of hydrogen-bond acceptors (Lipinski definition) is 5. The molecule has 0 radical (unpaired) electrons. The molecule has 0 aliphatic carbocycles. The lowest BCUT2D eigenvalue weighted by atomic mass is 10.3. The third-order valence-corrected chi connectivity index (χ3v) is 6.16. The number of amides is 1. The van der Waals surface area contributed by atoms with Crippen LogP contribution in [-0.4, -0.2) is 26.2 Å². The van der Waals surface area contributed by atoms with Crippen molar-refractivity contribution in [1.82, 2.24) is 0 Å². The van der Waals surface area contributed by atoms with Crippen molar-refractivity contribution in [2.24, 2.45) is 0 Å². The fourth-order valence-electron chi connectivity index (χ4n) is 2.39. The number of hydrogen-bond donors (Lipinski definition) is 2. The van der Waals surface area contributed by atoms with Gasteiger partial charge in [-0.25, -0.2) is 8.42 Å². The molecule has 0 saturated heterocycles. The molecule has 1 unspecified atom stereocenters. The molecule has 0 fully saturated rings. The largest absolute Gasteiger partial charge is 0.492 e. The molecule has 0 spiro atoms. The van der Waals surface area contributed by atoms with Crippen LogP contribution in [0.3, 0.4) is 0 Å². The average Bonchev–Trinajstić information content (AvgIpc) is 2.57. The summed E-state index contributed by atoms with van der Waals surface area (Å²) in [6, 6.07) is 11.5. The number of sulfonamides is 1. The molecule has 1 heterocycles. The summed E-state index contributed by atoms with van der Waals surface area (Å²) < 4.78 is 33.4. The van der Waals surface area contributed by atoms with E-state index >= 15 is 0 Å². The minimum absolute atomic E-state index is 0.0769. The number of anilines is 2. The summed E-state index contributed by atoms with van der Waals surface area (Å²) in [6.45, 7) is 4.06. The number of nitrogens with one attached hydrogen (secondary N) is 2. The van der Waals surface area contributed by atoms with Gasteiger partial charge in [0.25, 0.3) is 10.0 Å². The van der Waals surface area contributed by atoms with E-state index in [0.29, 0.717) is 23.7 Å². The van der Waals surface area contributed by atoms with E-state index < -0.39 is 10.0 Å². The van der Waals surface area contributed by atoms with E-state index in [4.69, 9.17) is 4.74 Å². The van der Waals surface area contributed by atoms with E-state index in [1.54, 1.807) is 37.3 Å². The quantitative estimate of drug-likeness (QED) is 0.834. The molecule has 1 amide bonds. The van der Waals surface area contributed by atoms with Gasteiger partial charge in [0.1, 0.15) is 5.75 Å². The van der Waals surface area contributed by atoms with Gasteiger partial charge in [0.05, 0.1) is 28.1 Å². The summed E-state index contributed by atoms with van der Waals surface area (Å²) in [5, 5.41) is 2.54. The number of ether oxygens (including phenoxy) is 1. The van der Waals surface area contributed by atoms with Crippen molar-refractivity contribution in [3.05, 3.63) is 42.5 Å². The second-order valence-corrected chi connectivity index (χ2v) is 8.51. The number of carbonyl (C=O) groups is 1. The number of thioether (sulfide) groups is 1. The molecule has 0 bridgehead atoms. The zero-order valence-corrected chi connectivity index (χ0v) is 15.4. The Balaban J connectivity index is 1.91. The number of fused-ring (bicyclic) bond motifs is 1. The Bertz CT molecular complexity index is 913. The van der Waals surface area contributed by atoms with Crippen LogP contribution in [0.2, 0.25) is 0 Å². The Kier molecular flexibility index (Phi) is 4.91. The molecule has 8 heteroatoms. The normalized spacial score (nSPS) is 16.7. The molecule has 1 atom stereocenters. The molecule has 2 aromatic carbocycles. The van der Waals surface area contributed by atoms with E-state index in [1.807, 2.05) is 6.92 Å². The smallest absolute Gasteiger partial charge is 0.262 e. The molecule has 0 saturated carbocycles. The second-order valence-electron chi connectivity index (χ2n) is 5.44. The van der Waals surface area contributed by atoms with Gasteiger partial charge in [-0.3, -0.25) is 9.52 Å². The topological polar surface area (TPSA) is 84.5 Å². The Hall–Kier alpha value is -2.19. The van der Waals surface area contributed by atoms with Crippen LogP contribution < -0.4 is 14.8 Å². The maximum Gasteiger partial charge on any atom is 0.262 e. The van der Waals surface area contributed by atoms with E-state index in [2.05, 4.69) is 10.0 Å². The highest BCUT2D eigenvalue weighted by Crippen LogP contribution is 2.37. The van der Waals surface area contributed by atoms with Gasteiger partial charge < -0.3 is 10.1 Å². The van der Waals surface area contributed by atoms with Gasteiger partial charge in [-0.1, -0.05) is 12.1 Å². The van der Waals surface area contributed by atoms with Crippen LogP contribution in [0.25, 0.3) is 0 Å². The lowest BCUT2D eigenvalue weighted by Crippen LogP contribution is -2.26. The highest BCUT2D eigenvalue weighted by atomic mass is 32.2. The average molecular weight is 378 g/mol. The van der Waals surface area contributed by atoms with Gasteiger partial charge >= 0.3 is 0 Å². The van der Waals surface area contributed by atoms with Crippen LogP contribution in [0, 0.1) is 0 Å². The minimum Gasteiger partial charge on any atom is -0.492 e. The third-order valence-electron chi connectivity index (χ3n) is 3.62. The van der Waals surface area contributed by atoms with E-state index in [0.717, 1.165) is 4.90 Å². The summed E-state index contributed by atoms with van der Waals surface area (Å²) in [4.78, 5) is 12.7. The zero-order valence-electron chi connectivity index (χ0n) is 13.8. The van der Waals surface area contributed by atoms with Gasteiger partial charge in [0.2, 0.25) is 5.91 Å². The van der Waals surface area contributed by atoms with Crippen LogP contribution in [-0.2, 0) is 14.8 Å². The van der Waals surface area contributed by atoms with Gasteiger partial charge in [-0.2, -0.15) is 0 Å². The zero-order chi connectivity index (χ0) is 18.0. The number of benzene rings is 2. The van der Waals surface area contributed by atoms with Crippen LogP contribution in [0.5, 0.6) is 5.75 Å². The first-order valence-electron chi connectivity index (χ1n) is 7.77. The van der Waals surface area contributed by atoms with E-state index in [1.165, 1.54) is 23.9 Å². The molecule has 0 aromatic heterocycles. The van der Waals surface area contributed by atoms with Crippen molar-refractivity contribution in [2.75, 3.05) is 16.6 Å². The molecule has 6 nitrogen and oxygen atoms in total. The summed E-state index contributed by atoms with van der Waals surface area (Å²) in [6.07, 6.45) is 0. The van der Waals surface area contributed by atoms with Crippen molar-refractivity contribution in [2.45, 2.75) is 28.9 Å². The molecular formula is C17H18N2O4S2. The summed E-state index contributed by atoms with van der Waals surface area (Å²) >= 11 is 1.41. The van der Waals surface area contributed by atoms with Crippen molar-refractivity contribution < 1.29 is 17.9 Å². The van der Waals surface area contributed by atoms with Crippen molar-refractivity contribution in [3.8, 4) is 5.75 Å². The molecule has 1 aliphatic heterocycles. The molecule has 3 rings (SSSR count). The first-order valence-corrected chi connectivity index (χ1v) is 10.1. The number of rotatable bonds is 5. The van der Waals surface area contributed by atoms with Crippen molar-refractivity contribution in [1.29, 1.82) is 0 Å². The molecule has 1 aliphatic rings. The standard InChI is InChI=1S/C17H18N2O4S2/c1-3-23-15-7-5-4-6-13(15)19-25(21,22)12-8-9-16-14(10-12)18-17(20)11(2)24-16/h4-11,19H,3H2,1-2H3,(H,18,20). The van der Waals surface area contributed by atoms with Gasteiger partial charge in [0, 0.05) is 4.90 Å². The highest BCUT2D eigenvalue weighted by Gasteiger charge is 2.25.